The van der Waals surface area contributed by atoms with Gasteiger partial charge in [-0.25, -0.2) is 0 Å². The van der Waals surface area contributed by atoms with Gasteiger partial charge in [-0.15, -0.1) is 0 Å². The van der Waals surface area contributed by atoms with E-state index < -0.39 is 23.7 Å². The van der Waals surface area contributed by atoms with Crippen LogP contribution in [0.4, 0.5) is 13.2 Å². The first-order valence-corrected chi connectivity index (χ1v) is 9.30. The number of carbonyl (C=O) groups is 1. The van der Waals surface area contributed by atoms with Crippen molar-refractivity contribution in [2.24, 2.45) is 5.92 Å². The minimum Gasteiger partial charge on any atom is -0.492 e. The van der Waals surface area contributed by atoms with E-state index in [1.54, 1.807) is 32.0 Å². The Morgan fingerprint density at radius 2 is 1.86 bits per heavy atom. The monoisotopic (exact) mass is 394 g/mol. The van der Waals surface area contributed by atoms with Crippen molar-refractivity contribution in [3.05, 3.63) is 42.0 Å². The molecule has 0 radical (unpaired) electrons. The van der Waals surface area contributed by atoms with Gasteiger partial charge in [0.15, 0.2) is 6.04 Å². The SMILES string of the molecule is CC(C)COc1c([C@H](N2NC(=O)CC2(C)C)C(F)(F)F)ccc2ccccc12. The third kappa shape index (κ3) is 3.94. The van der Waals surface area contributed by atoms with E-state index in [2.05, 4.69) is 5.43 Å². The van der Waals surface area contributed by atoms with E-state index in [4.69, 9.17) is 4.74 Å². The van der Waals surface area contributed by atoms with Crippen molar-refractivity contribution in [3.63, 3.8) is 0 Å². The van der Waals surface area contributed by atoms with Crippen LogP contribution < -0.4 is 10.2 Å². The van der Waals surface area contributed by atoms with Gasteiger partial charge in [0, 0.05) is 22.9 Å². The molecular weight excluding hydrogens is 369 g/mol. The minimum absolute atomic E-state index is 0.00197. The zero-order chi connectivity index (χ0) is 20.7. The topological polar surface area (TPSA) is 41.6 Å². The number of amides is 1. The summed E-state index contributed by atoms with van der Waals surface area (Å²) in [4.78, 5) is 11.9. The lowest BCUT2D eigenvalue weighted by atomic mass is 9.94. The highest BCUT2D eigenvalue weighted by molar-refractivity contribution is 5.90. The molecule has 1 heterocycles. The quantitative estimate of drug-likeness (QED) is 0.777. The molecule has 0 bridgehead atoms. The Kier molecular flexibility index (Phi) is 5.32. The average Bonchev–Trinajstić information content (AvgIpc) is 2.84. The first kappa shape index (κ1) is 20.5. The predicted molar refractivity (Wildman–Crippen MR) is 102 cm³/mol. The van der Waals surface area contributed by atoms with Gasteiger partial charge in [-0.1, -0.05) is 50.2 Å². The second kappa shape index (κ2) is 7.28. The molecule has 1 saturated heterocycles. The predicted octanol–water partition coefficient (Wildman–Crippen LogP) is 4.99. The van der Waals surface area contributed by atoms with Crippen molar-refractivity contribution in [2.45, 2.75) is 51.9 Å². The summed E-state index contributed by atoms with van der Waals surface area (Å²) in [5.74, 6) is -0.0603. The van der Waals surface area contributed by atoms with Gasteiger partial charge in [-0.05, 0) is 25.2 Å². The third-order valence-corrected chi connectivity index (χ3v) is 4.82. The summed E-state index contributed by atoms with van der Waals surface area (Å²) in [6.45, 7) is 7.42. The van der Waals surface area contributed by atoms with E-state index in [-0.39, 0.29) is 23.7 Å². The summed E-state index contributed by atoms with van der Waals surface area (Å²) in [6, 6.07) is 8.31. The van der Waals surface area contributed by atoms with Crippen LogP contribution in [0.5, 0.6) is 5.75 Å². The largest absolute Gasteiger partial charge is 0.492 e. The molecule has 1 atom stereocenters. The summed E-state index contributed by atoms with van der Waals surface area (Å²) < 4.78 is 48.7. The molecule has 0 aliphatic carbocycles. The Morgan fingerprint density at radius 3 is 2.43 bits per heavy atom. The zero-order valence-corrected chi connectivity index (χ0v) is 16.4. The molecule has 1 amide bonds. The number of benzene rings is 2. The number of ether oxygens (including phenoxy) is 1. The number of alkyl halides is 3. The fourth-order valence-electron chi connectivity index (χ4n) is 3.57. The van der Waals surface area contributed by atoms with Gasteiger partial charge in [-0.2, -0.15) is 18.2 Å². The van der Waals surface area contributed by atoms with Crippen LogP contribution in [0.15, 0.2) is 36.4 Å². The van der Waals surface area contributed by atoms with Crippen molar-refractivity contribution >= 4 is 16.7 Å². The number of nitrogens with zero attached hydrogens (tertiary/aromatic N) is 1. The molecule has 0 aromatic heterocycles. The number of hydrogen-bond acceptors (Lipinski definition) is 3. The summed E-state index contributed by atoms with van der Waals surface area (Å²) >= 11 is 0. The van der Waals surface area contributed by atoms with Gasteiger partial charge in [0.1, 0.15) is 5.75 Å². The lowest BCUT2D eigenvalue weighted by molar-refractivity contribution is -0.204. The maximum Gasteiger partial charge on any atom is 0.410 e. The maximum atomic E-state index is 14.3. The first-order valence-electron chi connectivity index (χ1n) is 9.30. The van der Waals surface area contributed by atoms with E-state index >= 15 is 0 Å². The van der Waals surface area contributed by atoms with E-state index in [0.717, 1.165) is 10.4 Å². The Labute approximate surface area is 162 Å². The van der Waals surface area contributed by atoms with Gasteiger partial charge in [0.25, 0.3) is 0 Å². The molecule has 7 heteroatoms. The zero-order valence-electron chi connectivity index (χ0n) is 16.4. The number of fused-ring (bicyclic) bond motifs is 1. The van der Waals surface area contributed by atoms with Gasteiger partial charge in [0.2, 0.25) is 5.91 Å². The fourth-order valence-corrected chi connectivity index (χ4v) is 3.57. The highest BCUT2D eigenvalue weighted by atomic mass is 19.4. The Hall–Kier alpha value is -2.28. The van der Waals surface area contributed by atoms with Crippen LogP contribution in [0.3, 0.4) is 0 Å². The highest BCUT2D eigenvalue weighted by Crippen LogP contribution is 2.47. The van der Waals surface area contributed by atoms with Crippen molar-refractivity contribution < 1.29 is 22.7 Å². The van der Waals surface area contributed by atoms with Crippen LogP contribution in [-0.4, -0.2) is 29.2 Å². The maximum absolute atomic E-state index is 14.3. The van der Waals surface area contributed by atoms with Crippen LogP contribution in [-0.2, 0) is 4.79 Å². The van der Waals surface area contributed by atoms with Gasteiger partial charge < -0.3 is 4.74 Å². The first-order chi connectivity index (χ1) is 13.0. The van der Waals surface area contributed by atoms with Crippen LogP contribution in [0.25, 0.3) is 10.8 Å². The molecule has 0 saturated carbocycles. The van der Waals surface area contributed by atoms with Gasteiger partial charge in [0.05, 0.1) is 6.61 Å². The number of rotatable bonds is 5. The Bertz CT molecular complexity index is 878. The standard InChI is InChI=1S/C21H25F3N2O2/c1-13(2)12-28-18-15-8-6-5-7-14(15)9-10-16(18)19(21(22,23)24)26-20(3,4)11-17(27)25-26/h5-10,13,19H,11-12H2,1-4H3,(H,25,27)/t19-/m0/s1. The van der Waals surface area contributed by atoms with Crippen LogP contribution in [0.2, 0.25) is 0 Å². The molecule has 0 spiro atoms. The third-order valence-electron chi connectivity index (χ3n) is 4.82. The number of carbonyl (C=O) groups excluding carboxylic acids is 1. The van der Waals surface area contributed by atoms with Crippen molar-refractivity contribution in [1.29, 1.82) is 0 Å². The van der Waals surface area contributed by atoms with Gasteiger partial charge in [-0.3, -0.25) is 10.2 Å². The van der Waals surface area contributed by atoms with E-state index in [1.807, 2.05) is 26.0 Å². The number of hydrogen-bond donors (Lipinski definition) is 1. The summed E-state index contributed by atoms with van der Waals surface area (Å²) in [5, 5.41) is 2.44. The smallest absolute Gasteiger partial charge is 0.410 e. The van der Waals surface area contributed by atoms with E-state index in [1.165, 1.54) is 6.07 Å². The number of halogens is 3. The molecule has 1 aliphatic rings. The Morgan fingerprint density at radius 1 is 1.18 bits per heavy atom. The highest BCUT2D eigenvalue weighted by Gasteiger charge is 2.54. The molecule has 4 nitrogen and oxygen atoms in total. The molecular formula is C21H25F3N2O2. The lowest BCUT2D eigenvalue weighted by Gasteiger charge is -2.38. The van der Waals surface area contributed by atoms with Crippen molar-refractivity contribution in [3.8, 4) is 5.75 Å². The number of hydrazine groups is 1. The Balaban J connectivity index is 2.19. The van der Waals surface area contributed by atoms with Crippen molar-refractivity contribution in [1.82, 2.24) is 10.4 Å². The summed E-state index contributed by atoms with van der Waals surface area (Å²) in [5.41, 5.74) is 1.42. The second-order valence-electron chi connectivity index (χ2n) is 8.25. The van der Waals surface area contributed by atoms with Gasteiger partial charge >= 0.3 is 6.18 Å². The fraction of sp³-hybridized carbons (Fsp3) is 0.476. The van der Waals surface area contributed by atoms with Crippen LogP contribution in [0, 0.1) is 5.92 Å². The normalized spacial score (nSPS) is 18.5. The molecule has 28 heavy (non-hydrogen) atoms. The molecule has 152 valence electrons. The van der Waals surface area contributed by atoms with Crippen LogP contribution >= 0.6 is 0 Å². The molecule has 1 fully saturated rings. The van der Waals surface area contributed by atoms with E-state index in [9.17, 15) is 18.0 Å². The summed E-state index contributed by atoms with van der Waals surface area (Å²) in [6.07, 6.45) is -4.61. The van der Waals surface area contributed by atoms with E-state index in [0.29, 0.717) is 12.0 Å². The lowest BCUT2D eigenvalue weighted by Crippen LogP contribution is -2.51. The summed E-state index contributed by atoms with van der Waals surface area (Å²) in [7, 11) is 0. The molecule has 1 N–H and O–H groups in total. The van der Waals surface area contributed by atoms with Crippen LogP contribution in [0.1, 0.15) is 45.7 Å². The average molecular weight is 394 g/mol. The second-order valence-corrected chi connectivity index (χ2v) is 8.25. The molecule has 2 aromatic rings. The molecule has 1 aliphatic heterocycles. The van der Waals surface area contributed by atoms with Crippen molar-refractivity contribution in [2.75, 3.05) is 6.61 Å². The number of nitrogens with one attached hydrogen (secondary N) is 1. The molecule has 3 rings (SSSR count). The molecule has 2 aromatic carbocycles. The minimum atomic E-state index is -4.60. The molecule has 0 unspecified atom stereocenters.